The second kappa shape index (κ2) is 4.56. The first-order chi connectivity index (χ1) is 8.69. The molecule has 0 spiro atoms. The number of esters is 1. The first-order valence-electron chi connectivity index (χ1n) is 5.29. The van der Waals surface area contributed by atoms with Gasteiger partial charge < -0.3 is 4.74 Å². The van der Waals surface area contributed by atoms with Gasteiger partial charge in [-0.15, -0.1) is 11.3 Å². The van der Waals surface area contributed by atoms with Gasteiger partial charge in [0.15, 0.2) is 10.0 Å². The summed E-state index contributed by atoms with van der Waals surface area (Å²) in [5.41, 5.74) is 0.860. The lowest BCUT2D eigenvalue weighted by Crippen LogP contribution is -2.01. The molecule has 1 N–H and O–H groups in total. The highest BCUT2D eigenvalue weighted by molar-refractivity contribution is 8.70. The van der Waals surface area contributed by atoms with Gasteiger partial charge in [-0.1, -0.05) is 0 Å². The summed E-state index contributed by atoms with van der Waals surface area (Å²) in [4.78, 5) is 13.2. The molecule has 2 aromatic rings. The predicted octanol–water partition coefficient (Wildman–Crippen LogP) is 3.17. The highest BCUT2D eigenvalue weighted by atomic mass is 33.1. The van der Waals surface area contributed by atoms with Gasteiger partial charge in [0, 0.05) is 20.9 Å². The zero-order valence-corrected chi connectivity index (χ0v) is 11.8. The van der Waals surface area contributed by atoms with Crippen LogP contribution in [0.1, 0.15) is 16.6 Å². The summed E-state index contributed by atoms with van der Waals surface area (Å²) in [6, 6.07) is 5.63. The molecule has 0 saturated heterocycles. The minimum absolute atomic E-state index is 0.301. The Morgan fingerprint density at radius 3 is 3.11 bits per heavy atom. The summed E-state index contributed by atoms with van der Waals surface area (Å²) in [6.45, 7) is 2.15. The number of hydrogen-bond donors (Lipinski definition) is 1. The van der Waals surface area contributed by atoms with E-state index in [-0.39, 0.29) is 5.97 Å². The molecule has 18 heavy (non-hydrogen) atoms. The van der Waals surface area contributed by atoms with Gasteiger partial charge in [0.25, 0.3) is 0 Å². The van der Waals surface area contributed by atoms with Gasteiger partial charge >= 0.3 is 5.97 Å². The van der Waals surface area contributed by atoms with Crippen LogP contribution in [0.2, 0.25) is 0 Å². The number of rotatable bonds is 2. The summed E-state index contributed by atoms with van der Waals surface area (Å²) in [6.07, 6.45) is 0. The smallest absolute Gasteiger partial charge is 0.348 e. The van der Waals surface area contributed by atoms with Crippen molar-refractivity contribution in [2.45, 2.75) is 11.8 Å². The van der Waals surface area contributed by atoms with Crippen LogP contribution in [-0.4, -0.2) is 16.8 Å². The van der Waals surface area contributed by atoms with Crippen molar-refractivity contribution in [3.63, 3.8) is 0 Å². The molecular formula is C11H9NO3S3. The molecule has 1 aliphatic rings. The monoisotopic (exact) mass is 299 g/mol. The molecule has 0 saturated carbocycles. The first kappa shape index (κ1) is 12.0. The van der Waals surface area contributed by atoms with Crippen LogP contribution in [-0.2, 0) is 14.8 Å². The molecule has 1 aromatic heterocycles. The summed E-state index contributed by atoms with van der Waals surface area (Å²) in [7, 11) is 0.150. The Bertz CT molecular complexity index is 665. The van der Waals surface area contributed by atoms with E-state index in [4.69, 9.17) is 4.74 Å². The number of fused-ring (bicyclic) bond motifs is 3. The van der Waals surface area contributed by atoms with Crippen LogP contribution in [0.15, 0.2) is 23.1 Å². The van der Waals surface area contributed by atoms with Crippen LogP contribution < -0.4 is 4.72 Å². The number of thiophene rings is 1. The van der Waals surface area contributed by atoms with Gasteiger partial charge in [-0.05, 0) is 25.1 Å². The molecule has 0 aliphatic carbocycles. The number of ether oxygens (including phenoxy) is 1. The molecule has 1 aromatic carbocycles. The fourth-order valence-corrected chi connectivity index (χ4v) is 5.23. The van der Waals surface area contributed by atoms with Crippen molar-refractivity contribution < 1.29 is 13.7 Å². The maximum absolute atomic E-state index is 11.7. The van der Waals surface area contributed by atoms with E-state index in [1.807, 2.05) is 18.2 Å². The summed E-state index contributed by atoms with van der Waals surface area (Å²) in [5.74, 6) is -0.301. The average molecular weight is 299 g/mol. The van der Waals surface area contributed by atoms with E-state index in [0.717, 1.165) is 20.7 Å². The Morgan fingerprint density at radius 2 is 2.33 bits per heavy atom. The van der Waals surface area contributed by atoms with Crippen LogP contribution >= 0.6 is 22.1 Å². The van der Waals surface area contributed by atoms with Gasteiger partial charge in [0.2, 0.25) is 0 Å². The minimum atomic E-state index is -1.13. The topological polar surface area (TPSA) is 55.4 Å². The van der Waals surface area contributed by atoms with Crippen molar-refractivity contribution in [1.29, 1.82) is 0 Å². The van der Waals surface area contributed by atoms with E-state index in [1.54, 1.807) is 6.92 Å². The van der Waals surface area contributed by atoms with Gasteiger partial charge in [0.1, 0.15) is 4.88 Å². The number of nitrogens with one attached hydrogen (secondary N) is 1. The van der Waals surface area contributed by atoms with E-state index in [0.29, 0.717) is 11.5 Å². The van der Waals surface area contributed by atoms with E-state index >= 15 is 0 Å². The zero-order chi connectivity index (χ0) is 12.7. The molecule has 7 heteroatoms. The molecular weight excluding hydrogens is 290 g/mol. The van der Waals surface area contributed by atoms with E-state index < -0.39 is 10.0 Å². The Labute approximate surface area is 114 Å². The highest BCUT2D eigenvalue weighted by Gasteiger charge is 2.22. The molecule has 4 nitrogen and oxygen atoms in total. The Kier molecular flexibility index (Phi) is 3.04. The highest BCUT2D eigenvalue weighted by Crippen LogP contribution is 2.44. The summed E-state index contributed by atoms with van der Waals surface area (Å²) >= 11 is 1.40. The molecule has 2 heterocycles. The molecule has 94 valence electrons. The quantitative estimate of drug-likeness (QED) is 0.683. The Morgan fingerprint density at radius 1 is 1.50 bits per heavy atom. The molecule has 0 bridgehead atoms. The van der Waals surface area contributed by atoms with Crippen molar-refractivity contribution in [2.75, 3.05) is 11.3 Å². The summed E-state index contributed by atoms with van der Waals surface area (Å²) in [5, 5.41) is 0.962. The van der Waals surface area contributed by atoms with Gasteiger partial charge in [-0.2, -0.15) is 0 Å². The second-order valence-corrected chi connectivity index (χ2v) is 7.35. The maximum atomic E-state index is 11.7. The maximum Gasteiger partial charge on any atom is 0.348 e. The standard InChI is InChI=1S/C11H9NO3S3/c1-2-15-11(13)9-5-6-8(16-9)4-3-7-10(6)17-18(14)12-7/h3-5,12H,2H2,1H3. The van der Waals surface area contributed by atoms with Crippen LogP contribution in [0.25, 0.3) is 10.1 Å². The minimum Gasteiger partial charge on any atom is -0.462 e. The molecule has 1 atom stereocenters. The predicted molar refractivity (Wildman–Crippen MR) is 75.4 cm³/mol. The third-order valence-corrected chi connectivity index (χ3v) is 5.91. The van der Waals surface area contributed by atoms with Crippen LogP contribution in [0.4, 0.5) is 5.69 Å². The lowest BCUT2D eigenvalue weighted by molar-refractivity contribution is 0.0532. The average Bonchev–Trinajstić information content (AvgIpc) is 2.90. The number of anilines is 1. The van der Waals surface area contributed by atoms with Crippen LogP contribution in [0, 0.1) is 0 Å². The number of carbonyl (C=O) groups is 1. The fourth-order valence-electron chi connectivity index (χ4n) is 1.75. The van der Waals surface area contributed by atoms with E-state index in [9.17, 15) is 9.00 Å². The fraction of sp³-hybridized carbons (Fsp3) is 0.182. The van der Waals surface area contributed by atoms with Gasteiger partial charge in [-0.25, -0.2) is 9.00 Å². The van der Waals surface area contributed by atoms with Crippen molar-refractivity contribution >= 4 is 53.9 Å². The normalized spacial score (nSPS) is 17.5. The van der Waals surface area contributed by atoms with Crippen LogP contribution in [0.5, 0.6) is 0 Å². The number of benzene rings is 1. The molecule has 3 rings (SSSR count). The van der Waals surface area contributed by atoms with Gasteiger partial charge in [-0.3, -0.25) is 4.72 Å². The van der Waals surface area contributed by atoms with Crippen LogP contribution in [0.3, 0.4) is 0 Å². The van der Waals surface area contributed by atoms with Crippen molar-refractivity contribution in [1.82, 2.24) is 0 Å². The Balaban J connectivity index is 2.11. The van der Waals surface area contributed by atoms with E-state index in [1.165, 1.54) is 22.1 Å². The zero-order valence-electron chi connectivity index (χ0n) is 9.39. The Hall–Kier alpha value is -1.05. The first-order valence-corrected chi connectivity index (χ1v) is 8.59. The lowest BCUT2D eigenvalue weighted by Gasteiger charge is -1.96. The number of carbonyl (C=O) groups excluding carboxylic acids is 1. The SMILES string of the molecule is CCOC(=O)c1cc2c3c(ccc2s1)NS(=O)S3. The second-order valence-electron chi connectivity index (χ2n) is 3.61. The summed E-state index contributed by atoms with van der Waals surface area (Å²) < 4.78 is 20.3. The van der Waals surface area contributed by atoms with Crippen molar-refractivity contribution in [2.24, 2.45) is 0 Å². The van der Waals surface area contributed by atoms with Crippen molar-refractivity contribution in [3.8, 4) is 0 Å². The molecule has 0 amide bonds. The largest absolute Gasteiger partial charge is 0.462 e. The lowest BCUT2D eigenvalue weighted by atomic mass is 10.2. The molecule has 1 aliphatic heterocycles. The molecule has 1 unspecified atom stereocenters. The number of hydrogen-bond acceptors (Lipinski definition) is 5. The third-order valence-electron chi connectivity index (χ3n) is 2.48. The van der Waals surface area contributed by atoms with Crippen molar-refractivity contribution in [3.05, 3.63) is 23.1 Å². The molecule has 0 radical (unpaired) electrons. The van der Waals surface area contributed by atoms with Gasteiger partial charge in [0.05, 0.1) is 17.2 Å². The molecule has 0 fully saturated rings. The third kappa shape index (κ3) is 1.92. The van der Waals surface area contributed by atoms with E-state index in [2.05, 4.69) is 4.72 Å².